The van der Waals surface area contributed by atoms with Gasteiger partial charge >= 0.3 is 0 Å². The Morgan fingerprint density at radius 2 is 2.41 bits per heavy atom. The first-order valence-corrected chi connectivity index (χ1v) is 9.81. The zero-order chi connectivity index (χ0) is 18.8. The molecule has 8 heteroatoms. The van der Waals surface area contributed by atoms with Gasteiger partial charge in [-0.2, -0.15) is 0 Å². The monoisotopic (exact) mass is 383 g/mol. The highest BCUT2D eigenvalue weighted by Gasteiger charge is 2.26. The van der Waals surface area contributed by atoms with Crippen LogP contribution in [-0.4, -0.2) is 37.1 Å². The normalized spacial score (nSPS) is 16.4. The first kappa shape index (κ1) is 17.5. The number of nitrogens with one attached hydrogen (secondary N) is 2. The first-order chi connectivity index (χ1) is 13.1. The number of nitrogens with zero attached hydrogens (tertiary/aromatic N) is 3. The van der Waals surface area contributed by atoms with E-state index >= 15 is 0 Å². The van der Waals surface area contributed by atoms with Crippen molar-refractivity contribution in [3.63, 3.8) is 0 Å². The van der Waals surface area contributed by atoms with E-state index in [2.05, 4.69) is 20.3 Å². The molecule has 7 nitrogen and oxygen atoms in total. The Bertz CT molecular complexity index is 1050. The number of carbonyl (C=O) groups is 1. The Morgan fingerprint density at radius 1 is 1.52 bits per heavy atom. The van der Waals surface area contributed by atoms with Crippen LogP contribution in [0.15, 0.2) is 36.2 Å². The molecule has 1 aliphatic carbocycles. The summed E-state index contributed by atoms with van der Waals surface area (Å²) in [5, 5.41) is 16.4. The van der Waals surface area contributed by atoms with Crippen LogP contribution in [0.5, 0.6) is 0 Å². The standard InChI is InChI=1S/C19H21N5O2S/c1-12-10-13(25)16-17(23-18(22-16)14-4-2-9-27-14)15(12)19(26)21-5-3-7-24-8-6-20-11-24/h2,4,6,8-9,11-12,25H,3,5,7,10H2,1H3,(H,21,26)(H,22,23). The molecule has 1 aliphatic rings. The maximum Gasteiger partial charge on any atom is 0.249 e. The van der Waals surface area contributed by atoms with E-state index in [-0.39, 0.29) is 17.6 Å². The molecule has 1 atom stereocenters. The Hall–Kier alpha value is -2.87. The van der Waals surface area contributed by atoms with Crippen molar-refractivity contribution >= 4 is 28.6 Å². The highest BCUT2D eigenvalue weighted by atomic mass is 32.1. The van der Waals surface area contributed by atoms with E-state index in [1.165, 1.54) is 0 Å². The van der Waals surface area contributed by atoms with Crippen LogP contribution in [0.25, 0.3) is 22.0 Å². The number of thiophene rings is 1. The lowest BCUT2D eigenvalue weighted by Gasteiger charge is -2.17. The summed E-state index contributed by atoms with van der Waals surface area (Å²) in [4.78, 5) is 25.6. The van der Waals surface area contributed by atoms with Gasteiger partial charge < -0.3 is 20.0 Å². The molecule has 0 aromatic carbocycles. The number of hydrogen-bond donors (Lipinski definition) is 3. The number of aliphatic hydroxyl groups is 1. The van der Waals surface area contributed by atoms with Gasteiger partial charge in [0, 0.05) is 37.5 Å². The average Bonchev–Trinajstić information content (AvgIpc) is 3.39. The number of H-pyrrole nitrogens is 1. The van der Waals surface area contributed by atoms with Crippen molar-refractivity contribution in [1.29, 1.82) is 0 Å². The fourth-order valence-electron chi connectivity index (χ4n) is 3.34. The van der Waals surface area contributed by atoms with Crippen molar-refractivity contribution in [2.75, 3.05) is 6.54 Å². The third-order valence-electron chi connectivity index (χ3n) is 4.68. The molecule has 0 saturated heterocycles. The minimum atomic E-state index is -0.119. The van der Waals surface area contributed by atoms with Crippen molar-refractivity contribution in [3.8, 4) is 10.7 Å². The molecule has 27 heavy (non-hydrogen) atoms. The summed E-state index contributed by atoms with van der Waals surface area (Å²) >= 11 is 1.56. The Balaban J connectivity index is 1.58. The average molecular weight is 383 g/mol. The molecule has 1 amide bonds. The topological polar surface area (TPSA) is 95.8 Å². The van der Waals surface area contributed by atoms with Gasteiger partial charge in [-0.05, 0) is 23.8 Å². The molecule has 0 aliphatic heterocycles. The van der Waals surface area contributed by atoms with E-state index in [0.29, 0.717) is 35.1 Å². The fourth-order valence-corrected chi connectivity index (χ4v) is 4.01. The van der Waals surface area contributed by atoms with Gasteiger partial charge in [0.1, 0.15) is 22.3 Å². The van der Waals surface area contributed by atoms with Crippen molar-refractivity contribution in [1.82, 2.24) is 24.8 Å². The molecular formula is C19H21N5O2S. The molecule has 3 N–H and O–H groups in total. The van der Waals surface area contributed by atoms with Crippen molar-refractivity contribution in [2.24, 2.45) is 5.92 Å². The van der Waals surface area contributed by atoms with E-state index in [4.69, 9.17) is 0 Å². The smallest absolute Gasteiger partial charge is 0.249 e. The van der Waals surface area contributed by atoms with Crippen molar-refractivity contribution in [2.45, 2.75) is 26.3 Å². The van der Waals surface area contributed by atoms with Gasteiger partial charge in [-0.1, -0.05) is 13.0 Å². The zero-order valence-electron chi connectivity index (χ0n) is 15.0. The second kappa shape index (κ2) is 7.40. The zero-order valence-corrected chi connectivity index (χ0v) is 15.8. The highest BCUT2D eigenvalue weighted by molar-refractivity contribution is 7.13. The molecule has 0 radical (unpaired) electrons. The minimum absolute atomic E-state index is 0.0920. The van der Waals surface area contributed by atoms with E-state index < -0.39 is 0 Å². The molecule has 140 valence electrons. The highest BCUT2D eigenvalue weighted by Crippen LogP contribution is 2.23. The van der Waals surface area contributed by atoms with Gasteiger partial charge in [0.2, 0.25) is 5.91 Å². The van der Waals surface area contributed by atoms with Gasteiger partial charge in [-0.15, -0.1) is 11.3 Å². The summed E-state index contributed by atoms with van der Waals surface area (Å²) < 4.78 is 1.98. The number of amides is 1. The second-order valence-corrected chi connectivity index (χ2v) is 7.61. The Kier molecular flexibility index (Phi) is 4.81. The SMILES string of the molecule is CC1CC(O)=c2[nH]c(-c3cccs3)nc2=C1C(=O)NCCCn1ccnc1. The first-order valence-electron chi connectivity index (χ1n) is 8.93. The number of aryl methyl sites for hydroxylation is 1. The van der Waals surface area contributed by atoms with Gasteiger partial charge in [-0.3, -0.25) is 4.79 Å². The molecule has 3 heterocycles. The van der Waals surface area contributed by atoms with E-state index in [1.54, 1.807) is 23.9 Å². The quantitative estimate of drug-likeness (QED) is 0.561. The molecular weight excluding hydrogens is 362 g/mol. The van der Waals surface area contributed by atoms with Crippen LogP contribution in [0.2, 0.25) is 0 Å². The second-order valence-electron chi connectivity index (χ2n) is 6.66. The minimum Gasteiger partial charge on any atom is -0.510 e. The predicted molar refractivity (Wildman–Crippen MR) is 104 cm³/mol. The number of hydrogen-bond acceptors (Lipinski definition) is 5. The van der Waals surface area contributed by atoms with Crippen LogP contribution in [0.1, 0.15) is 19.8 Å². The number of rotatable bonds is 6. The maximum absolute atomic E-state index is 12.8. The summed E-state index contributed by atoms with van der Waals surface area (Å²) in [6, 6.07) is 3.91. The Labute approximate surface area is 160 Å². The molecule has 0 spiro atoms. The lowest BCUT2D eigenvalue weighted by atomic mass is 9.92. The van der Waals surface area contributed by atoms with Crippen LogP contribution in [-0.2, 0) is 11.3 Å². The van der Waals surface area contributed by atoms with E-state index in [9.17, 15) is 9.90 Å². The molecule has 4 rings (SSSR count). The number of fused-ring (bicyclic) bond motifs is 1. The molecule has 1 unspecified atom stereocenters. The van der Waals surface area contributed by atoms with Gasteiger partial charge in [0.25, 0.3) is 0 Å². The van der Waals surface area contributed by atoms with E-state index in [0.717, 1.165) is 17.8 Å². The van der Waals surface area contributed by atoms with Crippen LogP contribution in [0, 0.1) is 5.92 Å². The Morgan fingerprint density at radius 3 is 3.15 bits per heavy atom. The van der Waals surface area contributed by atoms with Gasteiger partial charge in [0.15, 0.2) is 0 Å². The maximum atomic E-state index is 12.8. The number of aliphatic hydroxyl groups excluding tert-OH is 1. The lowest BCUT2D eigenvalue weighted by Crippen LogP contribution is -2.41. The van der Waals surface area contributed by atoms with Gasteiger partial charge in [0.05, 0.1) is 11.2 Å². The molecule has 0 fully saturated rings. The summed E-state index contributed by atoms with van der Waals surface area (Å²) in [6.45, 7) is 3.31. The third kappa shape index (κ3) is 3.52. The summed E-state index contributed by atoms with van der Waals surface area (Å²) in [7, 11) is 0. The molecule has 3 aromatic heterocycles. The summed E-state index contributed by atoms with van der Waals surface area (Å²) in [5.41, 5.74) is 0.629. The molecule has 3 aromatic rings. The third-order valence-corrected chi connectivity index (χ3v) is 5.55. The number of imidazole rings is 2. The number of aromatic nitrogens is 4. The molecule has 0 saturated carbocycles. The van der Waals surface area contributed by atoms with Crippen LogP contribution in [0.3, 0.4) is 0 Å². The fraction of sp³-hybridized carbons (Fsp3) is 0.316. The van der Waals surface area contributed by atoms with Crippen LogP contribution < -0.4 is 16.0 Å². The van der Waals surface area contributed by atoms with Crippen molar-refractivity contribution in [3.05, 3.63) is 46.9 Å². The lowest BCUT2D eigenvalue weighted by molar-refractivity contribution is -0.116. The largest absolute Gasteiger partial charge is 0.510 e. The molecule has 0 bridgehead atoms. The summed E-state index contributed by atoms with van der Waals surface area (Å²) in [5.74, 6) is 0.724. The number of carbonyl (C=O) groups excluding carboxylic acids is 1. The van der Waals surface area contributed by atoms with Crippen molar-refractivity contribution < 1.29 is 9.90 Å². The number of aromatic amines is 1. The van der Waals surface area contributed by atoms with Gasteiger partial charge in [-0.25, -0.2) is 9.97 Å². The van der Waals surface area contributed by atoms with E-state index in [1.807, 2.05) is 35.2 Å². The predicted octanol–water partition coefficient (Wildman–Crippen LogP) is 1.40. The van der Waals surface area contributed by atoms with Crippen LogP contribution >= 0.6 is 11.3 Å². The van der Waals surface area contributed by atoms with Crippen LogP contribution in [0.4, 0.5) is 0 Å². The summed E-state index contributed by atoms with van der Waals surface area (Å²) in [6.07, 6.45) is 6.65.